The molecule has 1 atom stereocenters. The Morgan fingerprint density at radius 1 is 1.28 bits per heavy atom. The molecule has 18 heavy (non-hydrogen) atoms. The number of carbonyl (C=O) groups excluding carboxylic acids is 1. The van der Waals surface area contributed by atoms with Crippen molar-refractivity contribution in [3.8, 4) is 0 Å². The molecule has 1 fully saturated rings. The second-order valence-corrected chi connectivity index (χ2v) is 5.95. The lowest BCUT2D eigenvalue weighted by Crippen LogP contribution is -2.43. The van der Waals surface area contributed by atoms with Crippen LogP contribution in [0, 0.1) is 5.41 Å². The van der Waals surface area contributed by atoms with Gasteiger partial charge in [-0.3, -0.25) is 4.79 Å². The van der Waals surface area contributed by atoms with Crippen molar-refractivity contribution >= 4 is 5.78 Å². The van der Waals surface area contributed by atoms with E-state index in [-0.39, 0.29) is 11.2 Å². The monoisotopic (exact) mass is 245 g/mol. The van der Waals surface area contributed by atoms with E-state index in [1.54, 1.807) is 0 Å². The van der Waals surface area contributed by atoms with Gasteiger partial charge in [0.2, 0.25) is 0 Å². The van der Waals surface area contributed by atoms with Gasteiger partial charge in [-0.2, -0.15) is 0 Å². The largest absolute Gasteiger partial charge is 0.316 e. The van der Waals surface area contributed by atoms with E-state index in [4.69, 9.17) is 0 Å². The third-order valence-electron chi connectivity index (χ3n) is 3.98. The normalized spacial score (nSPS) is 24.2. The lowest BCUT2D eigenvalue weighted by molar-refractivity contribution is 0.0773. The molecule has 1 heterocycles. The second-order valence-electron chi connectivity index (χ2n) is 5.95. The van der Waals surface area contributed by atoms with Gasteiger partial charge in [0.15, 0.2) is 5.78 Å². The van der Waals surface area contributed by atoms with Crippen LogP contribution < -0.4 is 5.32 Å². The zero-order valence-electron chi connectivity index (χ0n) is 11.6. The summed E-state index contributed by atoms with van der Waals surface area (Å²) < 4.78 is 0. The van der Waals surface area contributed by atoms with E-state index in [0.29, 0.717) is 5.92 Å². The number of Topliss-reactive ketones (excluding diaryl/α,β-unsaturated/α-hetero) is 1. The summed E-state index contributed by atoms with van der Waals surface area (Å²) in [7, 11) is 0. The highest BCUT2D eigenvalue weighted by Gasteiger charge is 2.34. The highest BCUT2D eigenvalue weighted by atomic mass is 16.1. The standard InChI is InChI=1S/C16H23NO/c1-12(2)13-5-7-14(8-6-13)15(18)16(3)9-4-10-17-11-16/h5-8,12,17H,4,9-11H2,1-3H3. The molecular formula is C16H23NO. The van der Waals surface area contributed by atoms with Crippen LogP contribution in [0.25, 0.3) is 0 Å². The van der Waals surface area contributed by atoms with Crippen molar-refractivity contribution in [3.05, 3.63) is 35.4 Å². The van der Waals surface area contributed by atoms with Crippen LogP contribution in [0.2, 0.25) is 0 Å². The number of rotatable bonds is 3. The second kappa shape index (κ2) is 5.23. The molecule has 98 valence electrons. The maximum absolute atomic E-state index is 12.6. The van der Waals surface area contributed by atoms with Crippen LogP contribution in [0.1, 0.15) is 55.5 Å². The molecule has 1 aliphatic rings. The fraction of sp³-hybridized carbons (Fsp3) is 0.562. The minimum atomic E-state index is -0.225. The molecule has 2 nitrogen and oxygen atoms in total. The minimum absolute atomic E-state index is 0.225. The van der Waals surface area contributed by atoms with E-state index in [9.17, 15) is 4.79 Å². The van der Waals surface area contributed by atoms with Gasteiger partial charge in [-0.25, -0.2) is 0 Å². The molecule has 0 radical (unpaired) electrons. The van der Waals surface area contributed by atoms with E-state index >= 15 is 0 Å². The van der Waals surface area contributed by atoms with Crippen molar-refractivity contribution in [2.24, 2.45) is 5.41 Å². The highest BCUT2D eigenvalue weighted by Crippen LogP contribution is 2.30. The van der Waals surface area contributed by atoms with Gasteiger partial charge < -0.3 is 5.32 Å². The van der Waals surface area contributed by atoms with E-state index in [2.05, 4.69) is 38.2 Å². The Morgan fingerprint density at radius 3 is 2.44 bits per heavy atom. The average molecular weight is 245 g/mol. The molecule has 1 N–H and O–H groups in total. The van der Waals surface area contributed by atoms with Gasteiger partial charge in [0.25, 0.3) is 0 Å². The third kappa shape index (κ3) is 2.64. The molecule has 0 amide bonds. The van der Waals surface area contributed by atoms with Crippen molar-refractivity contribution in [1.82, 2.24) is 5.32 Å². The van der Waals surface area contributed by atoms with Crippen LogP contribution in [0.3, 0.4) is 0 Å². The molecule has 1 saturated heterocycles. The molecule has 1 aromatic rings. The highest BCUT2D eigenvalue weighted by molar-refractivity contribution is 6.00. The maximum atomic E-state index is 12.6. The first-order chi connectivity index (χ1) is 8.53. The summed E-state index contributed by atoms with van der Waals surface area (Å²) in [6, 6.07) is 8.13. The lowest BCUT2D eigenvalue weighted by Gasteiger charge is -2.32. The Balaban J connectivity index is 2.17. The minimum Gasteiger partial charge on any atom is -0.316 e. The number of nitrogens with one attached hydrogen (secondary N) is 1. The van der Waals surface area contributed by atoms with E-state index in [0.717, 1.165) is 31.5 Å². The van der Waals surface area contributed by atoms with Crippen molar-refractivity contribution in [2.75, 3.05) is 13.1 Å². The summed E-state index contributed by atoms with van der Waals surface area (Å²) in [6.45, 7) is 8.26. The van der Waals surface area contributed by atoms with Crippen LogP contribution in [0.4, 0.5) is 0 Å². The predicted molar refractivity (Wildman–Crippen MR) is 75.1 cm³/mol. The fourth-order valence-corrected chi connectivity index (χ4v) is 2.62. The van der Waals surface area contributed by atoms with Gasteiger partial charge in [0.1, 0.15) is 0 Å². The summed E-state index contributed by atoms with van der Waals surface area (Å²) in [4.78, 5) is 12.6. The number of benzene rings is 1. The van der Waals surface area contributed by atoms with Gasteiger partial charge in [-0.1, -0.05) is 45.0 Å². The first kappa shape index (κ1) is 13.3. The van der Waals surface area contributed by atoms with Crippen LogP contribution in [-0.2, 0) is 0 Å². The van der Waals surface area contributed by atoms with E-state index in [1.807, 2.05) is 12.1 Å². The Morgan fingerprint density at radius 2 is 1.94 bits per heavy atom. The predicted octanol–water partition coefficient (Wildman–Crippen LogP) is 3.38. The van der Waals surface area contributed by atoms with Gasteiger partial charge >= 0.3 is 0 Å². The third-order valence-corrected chi connectivity index (χ3v) is 3.98. The van der Waals surface area contributed by atoms with Crippen LogP contribution in [0.15, 0.2) is 24.3 Å². The summed E-state index contributed by atoms with van der Waals surface area (Å²) in [5, 5.41) is 3.33. The molecule has 0 aromatic heterocycles. The lowest BCUT2D eigenvalue weighted by atomic mass is 9.76. The Kier molecular flexibility index (Phi) is 3.86. The molecule has 0 bridgehead atoms. The van der Waals surface area contributed by atoms with Crippen LogP contribution in [-0.4, -0.2) is 18.9 Å². The fourth-order valence-electron chi connectivity index (χ4n) is 2.62. The molecule has 2 heteroatoms. The SMILES string of the molecule is CC(C)c1ccc(C(=O)C2(C)CCCNC2)cc1. The van der Waals surface area contributed by atoms with Gasteiger partial charge in [-0.05, 0) is 30.9 Å². The average Bonchev–Trinajstić information content (AvgIpc) is 2.39. The number of piperidine rings is 1. The number of carbonyl (C=O) groups is 1. The molecule has 1 aliphatic heterocycles. The van der Waals surface area contributed by atoms with E-state index in [1.165, 1.54) is 5.56 Å². The van der Waals surface area contributed by atoms with Gasteiger partial charge in [-0.15, -0.1) is 0 Å². The molecule has 2 rings (SSSR count). The molecule has 1 unspecified atom stereocenters. The topological polar surface area (TPSA) is 29.1 Å². The van der Waals surface area contributed by atoms with Crippen LogP contribution in [0.5, 0.6) is 0 Å². The zero-order chi connectivity index (χ0) is 13.2. The number of ketones is 1. The first-order valence-corrected chi connectivity index (χ1v) is 6.88. The summed E-state index contributed by atoms with van der Waals surface area (Å²) in [5.41, 5.74) is 1.92. The molecule has 1 aromatic carbocycles. The first-order valence-electron chi connectivity index (χ1n) is 6.88. The molecule has 0 aliphatic carbocycles. The van der Waals surface area contributed by atoms with Crippen molar-refractivity contribution in [1.29, 1.82) is 0 Å². The van der Waals surface area contributed by atoms with Gasteiger partial charge in [0, 0.05) is 17.5 Å². The quantitative estimate of drug-likeness (QED) is 0.827. The zero-order valence-corrected chi connectivity index (χ0v) is 11.6. The summed E-state index contributed by atoms with van der Waals surface area (Å²) >= 11 is 0. The smallest absolute Gasteiger partial charge is 0.169 e. The summed E-state index contributed by atoms with van der Waals surface area (Å²) in [5.74, 6) is 0.797. The molecule has 0 saturated carbocycles. The number of hydrogen-bond acceptors (Lipinski definition) is 2. The van der Waals surface area contributed by atoms with Crippen molar-refractivity contribution in [2.45, 2.75) is 39.5 Å². The van der Waals surface area contributed by atoms with Crippen LogP contribution >= 0.6 is 0 Å². The molecular weight excluding hydrogens is 222 g/mol. The van der Waals surface area contributed by atoms with E-state index < -0.39 is 0 Å². The summed E-state index contributed by atoms with van der Waals surface area (Å²) in [6.07, 6.45) is 2.08. The van der Waals surface area contributed by atoms with Crippen molar-refractivity contribution < 1.29 is 4.79 Å². The van der Waals surface area contributed by atoms with Gasteiger partial charge in [0.05, 0.1) is 0 Å². The maximum Gasteiger partial charge on any atom is 0.169 e. The molecule has 0 spiro atoms. The van der Waals surface area contributed by atoms with Crippen molar-refractivity contribution in [3.63, 3.8) is 0 Å². The Hall–Kier alpha value is -1.15. The Bertz CT molecular complexity index is 413. The Labute approximate surface area is 110 Å². The number of hydrogen-bond donors (Lipinski definition) is 1.